The first kappa shape index (κ1) is 21.0. The lowest BCUT2D eigenvalue weighted by atomic mass is 9.83. The summed E-state index contributed by atoms with van der Waals surface area (Å²) in [5.74, 6) is 0.0206. The first-order valence-corrected chi connectivity index (χ1v) is 10.1. The van der Waals surface area contributed by atoms with Gasteiger partial charge in [-0.1, -0.05) is 12.1 Å². The summed E-state index contributed by atoms with van der Waals surface area (Å²) < 4.78 is 0. The highest BCUT2D eigenvalue weighted by atomic mass is 16.2. The summed E-state index contributed by atoms with van der Waals surface area (Å²) in [5, 5.41) is 3.16. The number of carbonyl (C=O) groups excluding carboxylic acids is 2. The minimum atomic E-state index is -0.685. The topological polar surface area (TPSA) is 75.2 Å². The molecule has 0 aromatic carbocycles. The molecule has 1 saturated heterocycles. The number of nitrogens with one attached hydrogen (secondary N) is 1. The van der Waals surface area contributed by atoms with Crippen LogP contribution >= 0.6 is 0 Å². The average molecular weight is 395 g/mol. The van der Waals surface area contributed by atoms with Crippen LogP contribution in [0.25, 0.3) is 0 Å². The van der Waals surface area contributed by atoms with Crippen molar-refractivity contribution in [2.75, 3.05) is 13.1 Å². The molecule has 0 aliphatic carbocycles. The maximum atomic E-state index is 13.2. The molecule has 1 N–H and O–H groups in total. The van der Waals surface area contributed by atoms with Crippen molar-refractivity contribution in [3.8, 4) is 0 Å². The summed E-state index contributed by atoms with van der Waals surface area (Å²) in [7, 11) is 0. The van der Waals surface area contributed by atoms with Crippen LogP contribution in [0.2, 0.25) is 0 Å². The fourth-order valence-corrected chi connectivity index (χ4v) is 3.76. The lowest BCUT2D eigenvalue weighted by Gasteiger charge is -2.39. The summed E-state index contributed by atoms with van der Waals surface area (Å²) in [5.41, 5.74) is 0.429. The quantitative estimate of drug-likeness (QED) is 0.846. The summed E-state index contributed by atoms with van der Waals surface area (Å²) in [6.45, 7) is 8.89. The monoisotopic (exact) mass is 394 g/mol. The first-order valence-electron chi connectivity index (χ1n) is 10.1. The van der Waals surface area contributed by atoms with Crippen LogP contribution in [0.5, 0.6) is 0 Å². The van der Waals surface area contributed by atoms with Gasteiger partial charge in [-0.25, -0.2) is 0 Å². The molecule has 1 fully saturated rings. The first-order chi connectivity index (χ1) is 13.7. The second-order valence-corrected chi connectivity index (χ2v) is 8.80. The number of amides is 2. The molecule has 154 valence electrons. The Morgan fingerprint density at radius 3 is 2.14 bits per heavy atom. The second-order valence-electron chi connectivity index (χ2n) is 8.80. The van der Waals surface area contributed by atoms with Gasteiger partial charge in [0.2, 0.25) is 11.8 Å². The van der Waals surface area contributed by atoms with E-state index in [1.807, 2.05) is 56.9 Å². The van der Waals surface area contributed by atoms with Gasteiger partial charge < -0.3 is 10.2 Å². The minimum Gasteiger partial charge on any atom is -0.351 e. The third-order valence-corrected chi connectivity index (χ3v) is 5.91. The number of likely N-dealkylation sites (tertiary alicyclic amines) is 1. The van der Waals surface area contributed by atoms with Crippen molar-refractivity contribution in [2.45, 2.75) is 57.4 Å². The molecule has 3 heterocycles. The van der Waals surface area contributed by atoms with E-state index in [1.165, 1.54) is 0 Å². The van der Waals surface area contributed by atoms with E-state index >= 15 is 0 Å². The van der Waals surface area contributed by atoms with Crippen molar-refractivity contribution >= 4 is 11.8 Å². The van der Waals surface area contributed by atoms with E-state index < -0.39 is 10.8 Å². The Hall–Kier alpha value is -2.76. The predicted octanol–water partition coefficient (Wildman–Crippen LogP) is 2.84. The van der Waals surface area contributed by atoms with Crippen molar-refractivity contribution in [1.82, 2.24) is 20.2 Å². The molecule has 1 aliphatic heterocycles. The Labute approximate surface area is 172 Å². The van der Waals surface area contributed by atoms with Gasteiger partial charge in [0.05, 0.1) is 10.8 Å². The Morgan fingerprint density at radius 2 is 1.59 bits per heavy atom. The molecular weight excluding hydrogens is 364 g/mol. The van der Waals surface area contributed by atoms with E-state index in [-0.39, 0.29) is 17.9 Å². The number of aromatic nitrogens is 2. The van der Waals surface area contributed by atoms with Gasteiger partial charge in [-0.2, -0.15) is 0 Å². The van der Waals surface area contributed by atoms with Gasteiger partial charge >= 0.3 is 0 Å². The van der Waals surface area contributed by atoms with Crippen LogP contribution in [0.15, 0.2) is 49.1 Å². The zero-order chi connectivity index (χ0) is 21.1. The number of nitrogens with zero attached hydrogens (tertiary/aromatic N) is 3. The molecule has 3 rings (SSSR count). The number of hydrogen-bond donors (Lipinski definition) is 1. The standard InChI is InChI=1S/C23H30N4O2/c1-22(2,17-8-5-11-24-14-17)20(28)26-19-10-7-13-27(16-19)21(29)23(3,4)18-9-6-12-25-15-18/h5-6,8-9,11-12,14-15,19H,7,10,13,16H2,1-4H3,(H,26,28)/t19-/m1/s1. The summed E-state index contributed by atoms with van der Waals surface area (Å²) in [6, 6.07) is 7.49. The lowest BCUT2D eigenvalue weighted by Crippen LogP contribution is -2.55. The summed E-state index contributed by atoms with van der Waals surface area (Å²) in [6.07, 6.45) is 8.62. The van der Waals surface area contributed by atoms with Gasteiger partial charge in [0.1, 0.15) is 0 Å². The zero-order valence-electron chi connectivity index (χ0n) is 17.7. The fraction of sp³-hybridized carbons (Fsp3) is 0.478. The molecule has 2 aromatic heterocycles. The molecule has 1 aliphatic rings. The third-order valence-electron chi connectivity index (χ3n) is 5.91. The molecule has 29 heavy (non-hydrogen) atoms. The van der Waals surface area contributed by atoms with Crippen molar-refractivity contribution in [1.29, 1.82) is 0 Å². The zero-order valence-corrected chi connectivity index (χ0v) is 17.7. The highest BCUT2D eigenvalue weighted by Crippen LogP contribution is 2.27. The lowest BCUT2D eigenvalue weighted by molar-refractivity contribution is -0.138. The van der Waals surface area contributed by atoms with Gasteiger partial charge in [0.15, 0.2) is 0 Å². The molecular formula is C23H30N4O2. The summed E-state index contributed by atoms with van der Waals surface area (Å²) >= 11 is 0. The van der Waals surface area contributed by atoms with Crippen LogP contribution in [0.4, 0.5) is 0 Å². The van der Waals surface area contributed by atoms with E-state index in [4.69, 9.17) is 0 Å². The van der Waals surface area contributed by atoms with E-state index in [1.54, 1.807) is 24.8 Å². The molecule has 6 heteroatoms. The molecule has 6 nitrogen and oxygen atoms in total. The van der Waals surface area contributed by atoms with E-state index in [0.29, 0.717) is 13.1 Å². The normalized spacial score (nSPS) is 17.7. The van der Waals surface area contributed by atoms with Crippen LogP contribution in [-0.4, -0.2) is 45.8 Å². The molecule has 2 amide bonds. The molecule has 0 radical (unpaired) electrons. The number of piperidine rings is 1. The number of hydrogen-bond acceptors (Lipinski definition) is 4. The van der Waals surface area contributed by atoms with Crippen LogP contribution in [0.1, 0.15) is 51.7 Å². The van der Waals surface area contributed by atoms with E-state index in [9.17, 15) is 9.59 Å². The second kappa shape index (κ2) is 8.31. The smallest absolute Gasteiger partial charge is 0.232 e. The van der Waals surface area contributed by atoms with Crippen molar-refractivity contribution in [2.24, 2.45) is 0 Å². The average Bonchev–Trinajstić information content (AvgIpc) is 2.74. The Morgan fingerprint density at radius 1 is 1.00 bits per heavy atom. The van der Waals surface area contributed by atoms with Gasteiger partial charge in [-0.3, -0.25) is 19.6 Å². The Kier molecular flexibility index (Phi) is 6.01. The van der Waals surface area contributed by atoms with Crippen molar-refractivity contribution in [3.63, 3.8) is 0 Å². The largest absolute Gasteiger partial charge is 0.351 e. The molecule has 0 bridgehead atoms. The molecule has 0 saturated carbocycles. The Bertz CT molecular complexity index is 850. The van der Waals surface area contributed by atoms with Crippen molar-refractivity contribution < 1.29 is 9.59 Å². The SMILES string of the molecule is CC(C)(C(=O)N[C@@H]1CCCN(C(=O)C(C)(C)c2cccnc2)C1)c1cccnc1. The number of rotatable bonds is 5. The van der Waals surface area contributed by atoms with Gasteiger partial charge in [0.25, 0.3) is 0 Å². The minimum absolute atomic E-state index is 0.0451. The number of pyridine rings is 2. The highest BCUT2D eigenvalue weighted by Gasteiger charge is 2.37. The van der Waals surface area contributed by atoms with Crippen LogP contribution in [0.3, 0.4) is 0 Å². The molecule has 0 unspecified atom stereocenters. The van der Waals surface area contributed by atoms with Crippen LogP contribution in [-0.2, 0) is 20.4 Å². The van der Waals surface area contributed by atoms with Gasteiger partial charge in [-0.15, -0.1) is 0 Å². The van der Waals surface area contributed by atoms with Gasteiger partial charge in [-0.05, 0) is 63.8 Å². The fourth-order valence-electron chi connectivity index (χ4n) is 3.76. The molecule has 2 aromatic rings. The summed E-state index contributed by atoms with van der Waals surface area (Å²) in [4.78, 5) is 36.4. The van der Waals surface area contributed by atoms with E-state index in [0.717, 1.165) is 24.0 Å². The van der Waals surface area contributed by atoms with Gasteiger partial charge in [0, 0.05) is 43.9 Å². The highest BCUT2D eigenvalue weighted by molar-refractivity contribution is 5.88. The number of carbonyl (C=O) groups is 2. The maximum Gasteiger partial charge on any atom is 0.232 e. The van der Waals surface area contributed by atoms with Crippen LogP contribution in [0, 0.1) is 0 Å². The third kappa shape index (κ3) is 4.47. The maximum absolute atomic E-state index is 13.2. The van der Waals surface area contributed by atoms with Crippen LogP contribution < -0.4 is 5.32 Å². The molecule has 1 atom stereocenters. The van der Waals surface area contributed by atoms with E-state index in [2.05, 4.69) is 15.3 Å². The molecule has 0 spiro atoms. The predicted molar refractivity (Wildman–Crippen MR) is 112 cm³/mol. The van der Waals surface area contributed by atoms with Crippen molar-refractivity contribution in [3.05, 3.63) is 60.2 Å². The Balaban J connectivity index is 1.68.